The number of aryl methyl sites for hydroxylation is 1. The molecule has 1 fully saturated rings. The van der Waals surface area contributed by atoms with Gasteiger partial charge in [-0.15, -0.1) is 4.58 Å². The minimum absolute atomic E-state index is 0.0413. The average molecular weight is 662 g/mol. The Morgan fingerprint density at radius 1 is 1.26 bits per heavy atom. The van der Waals surface area contributed by atoms with Crippen molar-refractivity contribution >= 4 is 38.1 Å². The third-order valence-electron chi connectivity index (χ3n) is 7.25. The van der Waals surface area contributed by atoms with Gasteiger partial charge in [0.1, 0.15) is 18.4 Å². The van der Waals surface area contributed by atoms with Gasteiger partial charge in [0.15, 0.2) is 0 Å². The molecule has 16 heteroatoms. The van der Waals surface area contributed by atoms with Gasteiger partial charge in [0.25, 0.3) is 20.1 Å². The molecule has 46 heavy (non-hydrogen) atoms. The number of nitriles is 1. The van der Waals surface area contributed by atoms with E-state index in [1.54, 1.807) is 26.0 Å². The summed E-state index contributed by atoms with van der Waals surface area (Å²) in [7, 11) is -1.64. The van der Waals surface area contributed by atoms with Gasteiger partial charge in [-0.05, 0) is 59.6 Å². The van der Waals surface area contributed by atoms with Crippen LogP contribution < -0.4 is 10.6 Å². The molecule has 4 amide bonds. The van der Waals surface area contributed by atoms with Crippen molar-refractivity contribution in [2.45, 2.75) is 98.1 Å². The van der Waals surface area contributed by atoms with Crippen molar-refractivity contribution in [2.24, 2.45) is 0 Å². The highest BCUT2D eigenvalue weighted by Gasteiger charge is 2.42. The molecule has 2 heterocycles. The molecule has 0 radical (unpaired) electrons. The van der Waals surface area contributed by atoms with Crippen LogP contribution in [0.5, 0.6) is 0 Å². The Morgan fingerprint density at radius 2 is 1.96 bits per heavy atom. The molecule has 0 aromatic heterocycles. The number of urea groups is 1. The number of carbonyl (C=O) groups is 3. The third-order valence-corrected chi connectivity index (χ3v) is 9.33. The first-order valence-electron chi connectivity index (χ1n) is 15.1. The van der Waals surface area contributed by atoms with Gasteiger partial charge in [-0.3, -0.25) is 10.1 Å². The van der Waals surface area contributed by atoms with E-state index in [0.29, 0.717) is 6.42 Å². The van der Waals surface area contributed by atoms with Crippen LogP contribution >= 0.6 is 8.53 Å². The Balaban J connectivity index is 1.87. The summed E-state index contributed by atoms with van der Waals surface area (Å²) < 4.78 is 27.2. The molecule has 15 nitrogen and oxygen atoms in total. The molecule has 2 N–H and O–H groups in total. The molecule has 1 saturated heterocycles. The minimum Gasteiger partial charge on any atom is -0.457 e. The number of hydrogen-bond donors (Lipinski definition) is 2. The first-order chi connectivity index (χ1) is 21.8. The van der Waals surface area contributed by atoms with Gasteiger partial charge < -0.3 is 23.8 Å². The van der Waals surface area contributed by atoms with Crippen molar-refractivity contribution < 1.29 is 42.4 Å². The second-order valence-electron chi connectivity index (χ2n) is 11.3. The minimum atomic E-state index is -1.64. The maximum atomic E-state index is 13.2. The Labute approximate surface area is 269 Å². The van der Waals surface area contributed by atoms with Crippen LogP contribution in [0.25, 0.3) is 0 Å². The van der Waals surface area contributed by atoms with Crippen LogP contribution in [-0.4, -0.2) is 75.5 Å². The maximum absolute atomic E-state index is 13.2. The number of nitrogens with one attached hydrogen (secondary N) is 2. The number of imide groups is 1. The fourth-order valence-electron chi connectivity index (χ4n) is 5.00. The van der Waals surface area contributed by atoms with Gasteiger partial charge in [0.05, 0.1) is 54.2 Å². The van der Waals surface area contributed by atoms with Gasteiger partial charge >= 0.3 is 18.0 Å². The lowest BCUT2D eigenvalue weighted by Gasteiger charge is -2.36. The number of alkyl carbamates (subject to hydrolysis) is 1. The highest BCUT2D eigenvalue weighted by molar-refractivity contribution is 7.44. The molecule has 4 atom stereocenters. The van der Waals surface area contributed by atoms with E-state index in [1.807, 2.05) is 39.3 Å². The Hall–Kier alpha value is -3.96. The SMILES string of the molecule is CCc1ccc([N+](=O)[O-])c(C(C)OC(=O)N[C@@H]2C/C(=[N+]3\C=C(C)C(=O)NC3=O)O[C@@H]2COP(OCCC#N)N(C(C)C)C(C)C)c1. The standard InChI is InChI=1S/C30H41N6O9P/c1-8-22-10-11-25(36(40)41)23(14-22)21(7)44-30(39)32-24-15-27(34-16-20(6)28(37)33-29(34)38)45-26(24)17-43-46(42-13-9-12-31)35(18(2)3)19(4)5/h10-11,14,16,18-19,21,24,26H,8-9,13,15,17H2,1-7H3,(H-,32,33,37,38,39)/p+1/b34-27-/t21?,24-,26-,46?/m1/s1. The van der Waals surface area contributed by atoms with Gasteiger partial charge in [-0.1, -0.05) is 13.0 Å². The number of nitrogens with zero attached hydrogens (tertiary/aromatic N) is 4. The monoisotopic (exact) mass is 661 g/mol. The first-order valence-corrected chi connectivity index (χ1v) is 16.2. The van der Waals surface area contributed by atoms with E-state index >= 15 is 0 Å². The van der Waals surface area contributed by atoms with Gasteiger partial charge in [-0.2, -0.15) is 15.4 Å². The van der Waals surface area contributed by atoms with Crippen molar-refractivity contribution in [1.82, 2.24) is 15.3 Å². The molecule has 1 aromatic carbocycles. The van der Waals surface area contributed by atoms with E-state index in [4.69, 9.17) is 23.8 Å². The predicted octanol–water partition coefficient (Wildman–Crippen LogP) is 4.96. The second-order valence-corrected chi connectivity index (χ2v) is 12.8. The molecule has 0 aliphatic carbocycles. The highest BCUT2D eigenvalue weighted by Crippen LogP contribution is 2.46. The Kier molecular flexibility index (Phi) is 13.1. The fourth-order valence-corrected chi connectivity index (χ4v) is 6.62. The molecular formula is C30H42N6O9P+. The Bertz CT molecular complexity index is 1420. The zero-order valence-corrected chi connectivity index (χ0v) is 28.0. The summed E-state index contributed by atoms with van der Waals surface area (Å²) in [6.45, 7) is 13.1. The highest BCUT2D eigenvalue weighted by atomic mass is 31.2. The summed E-state index contributed by atoms with van der Waals surface area (Å²) in [4.78, 5) is 49.0. The van der Waals surface area contributed by atoms with Crippen LogP contribution in [0.4, 0.5) is 15.3 Å². The molecule has 3 rings (SSSR count). The number of hydrogen-bond acceptors (Lipinski definition) is 11. The topological polar surface area (TPSA) is 185 Å². The number of nitro groups is 1. The molecule has 2 aliphatic rings. The quantitative estimate of drug-likeness (QED) is 0.0903. The van der Waals surface area contributed by atoms with Crippen molar-refractivity contribution in [3.8, 4) is 6.07 Å². The molecule has 2 aliphatic heterocycles. The summed E-state index contributed by atoms with van der Waals surface area (Å²) in [5.74, 6) is -0.363. The maximum Gasteiger partial charge on any atom is 0.506 e. The fraction of sp³-hybridized carbons (Fsp3) is 0.567. The zero-order valence-electron chi connectivity index (χ0n) is 27.1. The second kappa shape index (κ2) is 16.6. The van der Waals surface area contributed by atoms with Crippen molar-refractivity contribution in [1.29, 1.82) is 5.26 Å². The number of amides is 4. The normalized spacial score (nSPS) is 21.0. The smallest absolute Gasteiger partial charge is 0.457 e. The van der Waals surface area contributed by atoms with Crippen LogP contribution in [0.1, 0.15) is 78.5 Å². The summed E-state index contributed by atoms with van der Waals surface area (Å²) in [5.41, 5.74) is 1.22. The number of ether oxygens (including phenoxy) is 2. The lowest BCUT2D eigenvalue weighted by molar-refractivity contribution is -0.386. The molecule has 250 valence electrons. The van der Waals surface area contributed by atoms with Gasteiger partial charge in [0, 0.05) is 18.2 Å². The third kappa shape index (κ3) is 9.29. The van der Waals surface area contributed by atoms with Crippen molar-refractivity contribution in [3.63, 3.8) is 0 Å². The summed E-state index contributed by atoms with van der Waals surface area (Å²) in [6.07, 6.45) is -0.419. The van der Waals surface area contributed by atoms with Crippen LogP contribution in [0.2, 0.25) is 0 Å². The molecule has 0 spiro atoms. The molecular weight excluding hydrogens is 619 g/mol. The van der Waals surface area contributed by atoms with E-state index in [-0.39, 0.29) is 60.9 Å². The molecule has 0 bridgehead atoms. The van der Waals surface area contributed by atoms with Crippen LogP contribution in [0, 0.1) is 21.4 Å². The average Bonchev–Trinajstić information content (AvgIpc) is 3.38. The number of rotatable bonds is 14. The van der Waals surface area contributed by atoms with Gasteiger partial charge in [0.2, 0.25) is 0 Å². The van der Waals surface area contributed by atoms with Crippen LogP contribution in [0.15, 0.2) is 30.0 Å². The van der Waals surface area contributed by atoms with E-state index in [0.717, 1.165) is 5.56 Å². The summed E-state index contributed by atoms with van der Waals surface area (Å²) >= 11 is 0. The predicted molar refractivity (Wildman–Crippen MR) is 168 cm³/mol. The number of benzene rings is 1. The zero-order chi connectivity index (χ0) is 34.1. The van der Waals surface area contributed by atoms with Gasteiger partial charge in [-0.25, -0.2) is 14.3 Å². The molecule has 1 aromatic rings. The summed E-state index contributed by atoms with van der Waals surface area (Å²) in [5, 5.41) is 25.7. The van der Waals surface area contributed by atoms with E-state index in [9.17, 15) is 24.5 Å². The van der Waals surface area contributed by atoms with E-state index < -0.39 is 49.7 Å². The van der Waals surface area contributed by atoms with Crippen LogP contribution in [-0.2, 0) is 29.7 Å². The Morgan fingerprint density at radius 3 is 2.57 bits per heavy atom. The molecule has 0 saturated carbocycles. The van der Waals surface area contributed by atoms with Crippen LogP contribution in [0.3, 0.4) is 0 Å². The number of carbonyl (C=O) groups excluding carboxylic acids is 3. The lowest BCUT2D eigenvalue weighted by atomic mass is 10.0. The number of nitro benzene ring substituents is 1. The van der Waals surface area contributed by atoms with E-state index in [2.05, 4.69) is 16.7 Å². The van der Waals surface area contributed by atoms with Crippen molar-refractivity contribution in [3.05, 3.63) is 51.2 Å². The lowest BCUT2D eigenvalue weighted by Crippen LogP contribution is -2.43. The van der Waals surface area contributed by atoms with Crippen molar-refractivity contribution in [2.75, 3.05) is 13.2 Å². The van der Waals surface area contributed by atoms with E-state index in [1.165, 1.54) is 16.8 Å². The molecule has 2 unspecified atom stereocenters. The first kappa shape index (κ1) is 36.5. The summed E-state index contributed by atoms with van der Waals surface area (Å²) in [6, 6.07) is 5.37. The largest absolute Gasteiger partial charge is 0.506 e.